The summed E-state index contributed by atoms with van der Waals surface area (Å²) < 4.78 is 22.2. The first kappa shape index (κ1) is 104. The van der Waals surface area contributed by atoms with Crippen molar-refractivity contribution in [1.29, 1.82) is 0 Å². The molecule has 0 saturated carbocycles. The van der Waals surface area contributed by atoms with E-state index in [2.05, 4.69) is 311 Å². The van der Waals surface area contributed by atoms with Gasteiger partial charge in [0.05, 0.1) is 20.1 Å². The number of hydrogen-bond donors (Lipinski definition) is 1. The topological polar surface area (TPSA) is 79.3 Å². The van der Waals surface area contributed by atoms with E-state index in [1.807, 2.05) is 74.1 Å². The molecule has 0 amide bonds. The quantitative estimate of drug-likeness (QED) is 0.0433. The van der Waals surface area contributed by atoms with Crippen molar-refractivity contribution in [3.05, 3.63) is 264 Å². The minimum atomic E-state index is -1.25. The number of hydrogen-bond acceptors (Lipinski definition) is 8. The van der Waals surface area contributed by atoms with Crippen LogP contribution in [0.1, 0.15) is 328 Å². The van der Waals surface area contributed by atoms with Crippen molar-refractivity contribution >= 4 is 52.4 Å². The van der Waals surface area contributed by atoms with Crippen molar-refractivity contribution in [3.8, 4) is 5.75 Å². The molecule has 1 aliphatic rings. The SMILES string of the molecule is CC(=O)c1cccc(C(C)C)c1.CC(C)CCN1CCCCC1.CC(C)c1ccc(C(C)(C)CO)cc1.CC(C)c1ccc(N(C)C)cc1.CC(F)Oc1cccc(C(C)C)c1.COC(=O)CC(C)(C)c1ccc(C(C)C)cc1.CSc1cc(C(C)C)ccc1C.Cc1cc(C(C)C)ccc1Cl.Cc1cc(C(C)C)ccc1Cl. The van der Waals surface area contributed by atoms with Crippen LogP contribution >= 0.6 is 35.0 Å². The van der Waals surface area contributed by atoms with Crippen molar-refractivity contribution in [2.45, 2.75) is 288 Å². The highest BCUT2D eigenvalue weighted by atomic mass is 35.5. The Morgan fingerprint density at radius 3 is 1.22 bits per heavy atom. The second-order valence-corrected chi connectivity index (χ2v) is 36.1. The Balaban J connectivity index is 0.000000638. The van der Waals surface area contributed by atoms with Gasteiger partial charge >= 0.3 is 5.97 Å². The molecule has 7 nitrogen and oxygen atoms in total. The van der Waals surface area contributed by atoms with Crippen molar-refractivity contribution in [2.75, 3.05) is 58.6 Å². The van der Waals surface area contributed by atoms with Gasteiger partial charge in [0.1, 0.15) is 5.75 Å². The fraction of sp³-hybridized carbons (Fsp3) is 0.510. The minimum Gasteiger partial charge on any atom is -0.469 e. The number of thioether (sulfide) groups is 1. The molecule has 0 bridgehead atoms. The molecule has 0 radical (unpaired) electrons. The predicted molar refractivity (Wildman–Crippen MR) is 495 cm³/mol. The maximum Gasteiger partial charge on any atom is 0.306 e. The van der Waals surface area contributed by atoms with E-state index in [1.165, 1.54) is 126 Å². The highest BCUT2D eigenvalue weighted by Crippen LogP contribution is 2.31. The third-order valence-corrected chi connectivity index (χ3v) is 21.8. The summed E-state index contributed by atoms with van der Waals surface area (Å²) in [5, 5.41) is 10.9. The molecule has 0 aliphatic carbocycles. The average molecular weight is 1610 g/mol. The summed E-state index contributed by atoms with van der Waals surface area (Å²) in [6, 6.07) is 60.2. The maximum atomic E-state index is 12.5. The highest BCUT2D eigenvalue weighted by molar-refractivity contribution is 7.98. The number of halogens is 3. The Kier molecular flexibility index (Phi) is 50.1. The van der Waals surface area contributed by atoms with E-state index in [4.69, 9.17) is 32.7 Å². The molecule has 1 unspecified atom stereocenters. The third-order valence-electron chi connectivity index (χ3n) is 20.1. The molecule has 8 aromatic carbocycles. The number of alkyl halides is 1. The third kappa shape index (κ3) is 42.1. The lowest BCUT2D eigenvalue weighted by Gasteiger charge is -2.26. The van der Waals surface area contributed by atoms with Crippen LogP contribution in [0.5, 0.6) is 5.75 Å². The summed E-state index contributed by atoms with van der Waals surface area (Å²) in [6.07, 6.45) is 6.98. The lowest BCUT2D eigenvalue weighted by atomic mass is 9.81. The van der Waals surface area contributed by atoms with Gasteiger partial charge in [0.25, 0.3) is 0 Å². The number of piperidine rings is 1. The van der Waals surface area contributed by atoms with Crippen LogP contribution in [-0.4, -0.2) is 81.8 Å². The number of likely N-dealkylation sites (tertiary alicyclic amines) is 1. The monoisotopic (exact) mass is 1610 g/mol. The number of ether oxygens (including phenoxy) is 2. The molecule has 8 aromatic rings. The Morgan fingerprint density at radius 2 is 0.858 bits per heavy atom. The van der Waals surface area contributed by atoms with E-state index in [1.54, 1.807) is 13.0 Å². The van der Waals surface area contributed by atoms with E-state index in [0.29, 0.717) is 59.5 Å². The summed E-state index contributed by atoms with van der Waals surface area (Å²) in [4.78, 5) is 28.5. The van der Waals surface area contributed by atoms with Gasteiger partial charge in [-0.05, 0) is 247 Å². The molecule has 1 N–H and O–H groups in total. The van der Waals surface area contributed by atoms with Gasteiger partial charge in [0.2, 0.25) is 6.36 Å². The Labute approximate surface area is 703 Å². The number of methoxy groups -OCH3 is 1. The first-order chi connectivity index (χ1) is 52.8. The largest absolute Gasteiger partial charge is 0.469 e. The molecule has 11 heteroatoms. The van der Waals surface area contributed by atoms with Gasteiger partial charge in [-0.1, -0.05) is 309 Å². The molecule has 1 aliphatic heterocycles. The highest BCUT2D eigenvalue weighted by Gasteiger charge is 2.25. The number of Topliss-reactive ketones (excluding diaryl/α,β-unsaturated/α-hetero) is 1. The molecule has 113 heavy (non-hydrogen) atoms. The molecule has 1 saturated heterocycles. The Bertz CT molecular complexity index is 3840. The van der Waals surface area contributed by atoms with Crippen molar-refractivity contribution in [2.24, 2.45) is 5.92 Å². The van der Waals surface area contributed by atoms with E-state index in [0.717, 1.165) is 38.2 Å². The first-order valence-electron chi connectivity index (χ1n) is 41.4. The number of carbonyl (C=O) groups is 2. The summed E-state index contributed by atoms with van der Waals surface area (Å²) in [5.74, 6) is 5.92. The van der Waals surface area contributed by atoms with Gasteiger partial charge in [0.15, 0.2) is 5.78 Å². The Hall–Kier alpha value is -6.72. The van der Waals surface area contributed by atoms with Crippen LogP contribution in [-0.2, 0) is 20.4 Å². The van der Waals surface area contributed by atoms with E-state index in [9.17, 15) is 19.1 Å². The number of aryl methyl sites for hydroxylation is 3. The summed E-state index contributed by atoms with van der Waals surface area (Å²) in [6.45, 7) is 61.1. The van der Waals surface area contributed by atoms with Crippen LogP contribution in [0.3, 0.4) is 0 Å². The van der Waals surface area contributed by atoms with Gasteiger partial charge in [-0.3, -0.25) is 9.59 Å². The van der Waals surface area contributed by atoms with E-state index >= 15 is 0 Å². The number of nitrogens with zero attached hydrogens (tertiary/aromatic N) is 2. The summed E-state index contributed by atoms with van der Waals surface area (Å²) in [5.41, 5.74) is 18.5. The number of esters is 1. The van der Waals surface area contributed by atoms with Crippen molar-refractivity contribution in [1.82, 2.24) is 4.90 Å². The number of ketones is 1. The number of rotatable bonds is 21. The number of aliphatic hydroxyl groups is 1. The molecular formula is C102H151Cl2FN2O5S. The number of benzene rings is 8. The molecule has 0 aromatic heterocycles. The molecular weight excluding hydrogens is 1460 g/mol. The maximum absolute atomic E-state index is 12.5. The van der Waals surface area contributed by atoms with Crippen LogP contribution in [0.2, 0.25) is 10.0 Å². The fourth-order valence-corrected chi connectivity index (χ4v) is 12.4. The van der Waals surface area contributed by atoms with Gasteiger partial charge in [-0.2, -0.15) is 0 Å². The van der Waals surface area contributed by atoms with Crippen LogP contribution in [0, 0.1) is 26.7 Å². The van der Waals surface area contributed by atoms with Crippen molar-refractivity contribution < 1.29 is 28.6 Å². The van der Waals surface area contributed by atoms with Gasteiger partial charge in [-0.15, -0.1) is 11.8 Å². The zero-order chi connectivity index (χ0) is 86.0. The average Bonchev–Trinajstić information content (AvgIpc) is 0.836. The molecule has 1 atom stereocenters. The van der Waals surface area contributed by atoms with E-state index in [-0.39, 0.29) is 29.2 Å². The number of aliphatic hydroxyl groups excluding tert-OH is 1. The van der Waals surface area contributed by atoms with Crippen LogP contribution in [0.15, 0.2) is 181 Å². The first-order valence-corrected chi connectivity index (χ1v) is 43.4. The molecule has 1 fully saturated rings. The summed E-state index contributed by atoms with van der Waals surface area (Å²) >= 11 is 13.6. The minimum absolute atomic E-state index is 0.129. The predicted octanol–water partition coefficient (Wildman–Crippen LogP) is 30.0. The van der Waals surface area contributed by atoms with Gasteiger partial charge in [0, 0.05) is 58.0 Å². The van der Waals surface area contributed by atoms with Crippen molar-refractivity contribution in [3.63, 3.8) is 0 Å². The smallest absolute Gasteiger partial charge is 0.306 e. The molecule has 0 spiro atoms. The van der Waals surface area contributed by atoms with Crippen LogP contribution < -0.4 is 9.64 Å². The second-order valence-electron chi connectivity index (χ2n) is 34.4. The zero-order valence-corrected chi connectivity index (χ0v) is 78.2. The van der Waals surface area contributed by atoms with E-state index < -0.39 is 6.36 Å². The number of anilines is 1. The fourth-order valence-electron chi connectivity index (χ4n) is 11.5. The molecule has 626 valence electrons. The molecule has 1 heterocycles. The Morgan fingerprint density at radius 1 is 0.487 bits per heavy atom. The lowest BCUT2D eigenvalue weighted by molar-refractivity contribution is -0.141. The van der Waals surface area contributed by atoms with Gasteiger partial charge in [-0.25, -0.2) is 4.39 Å². The van der Waals surface area contributed by atoms with Crippen LogP contribution in [0.25, 0.3) is 0 Å². The van der Waals surface area contributed by atoms with Crippen LogP contribution in [0.4, 0.5) is 10.1 Å². The number of carbonyl (C=O) groups excluding carboxylic acids is 2. The lowest BCUT2D eigenvalue weighted by Crippen LogP contribution is -2.31. The molecule has 9 rings (SSSR count). The zero-order valence-electron chi connectivity index (χ0n) is 75.9. The standard InChI is InChI=1S/C15H22O2.C13H20O.C11H15FO.C11H17N.C11H14O.C11H16S.2C10H13Cl.C10H21N/c1-11(2)12-6-8-13(9-7-12)15(3,4)10-14(16)17-5;1-10(2)11-5-7-12(8-6-11)13(3,4)9-14;1-8(2)10-5-4-6-11(7-10)13-9(3)12;1-9(2)10-5-7-11(8-6-10)12(3)4;1-8(2)10-5-4-6-11(7-10)9(3)12;1-8(2)10-6-5-9(3)11(7-10)12-4;2*1-7(2)9-4-5-10(11)8(3)6-9;1-10(2)6-9-11-7-4-3-5-8-11/h6-9,11H,10H2,1-5H3;5-8,10,14H,9H2,1-4H3;4-9H,1-3H3;5-9H,1-4H3;4-8H,1-3H3;5-8H,1-4H3;2*4-7H,1-3H3;10H,3-9H2,1-2H3. The second kappa shape index (κ2) is 54.2. The normalized spacial score (nSPS) is 12.2. The summed E-state index contributed by atoms with van der Waals surface area (Å²) in [7, 11) is 5.55. The van der Waals surface area contributed by atoms with Gasteiger partial charge < -0.3 is 24.4 Å².